The monoisotopic (exact) mass is 359 g/mol. The molecule has 2 heterocycles. The Morgan fingerprint density at radius 3 is 3.00 bits per heavy atom. The van der Waals surface area contributed by atoms with Crippen molar-refractivity contribution in [2.75, 3.05) is 5.75 Å². The maximum Gasteiger partial charge on any atom is 0.330 e. The summed E-state index contributed by atoms with van der Waals surface area (Å²) in [6, 6.07) is 4.53. The molecule has 2 aliphatic heterocycles. The fraction of sp³-hybridized carbons (Fsp3) is 0.467. The molecule has 3 rings (SSSR count). The largest absolute Gasteiger partial charge is 0.459 e. The van der Waals surface area contributed by atoms with E-state index in [0.717, 1.165) is 6.42 Å². The van der Waals surface area contributed by atoms with E-state index in [1.165, 1.54) is 0 Å². The Balaban J connectivity index is 1.66. The predicted molar refractivity (Wildman–Crippen MR) is 87.0 cm³/mol. The van der Waals surface area contributed by atoms with E-state index in [4.69, 9.17) is 27.9 Å². The average molecular weight is 360 g/mol. The second-order valence-electron chi connectivity index (χ2n) is 5.61. The molecular weight excluding hydrogens is 345 g/mol. The molecule has 118 valence electrons. The van der Waals surface area contributed by atoms with Crippen LogP contribution in [-0.2, 0) is 20.9 Å². The van der Waals surface area contributed by atoms with Gasteiger partial charge in [0.15, 0.2) is 0 Å². The molecule has 1 amide bonds. The van der Waals surface area contributed by atoms with Gasteiger partial charge in [0.05, 0.1) is 4.87 Å². The molecule has 0 saturated carbocycles. The summed E-state index contributed by atoms with van der Waals surface area (Å²) in [6.07, 6.45) is 1.28. The smallest absolute Gasteiger partial charge is 0.330 e. The van der Waals surface area contributed by atoms with Gasteiger partial charge in [0.1, 0.15) is 12.6 Å². The minimum absolute atomic E-state index is 0.0268. The summed E-state index contributed by atoms with van der Waals surface area (Å²) in [6.45, 7) is 2.08. The van der Waals surface area contributed by atoms with Gasteiger partial charge < -0.3 is 9.64 Å². The molecule has 1 aromatic rings. The van der Waals surface area contributed by atoms with E-state index in [1.54, 1.807) is 34.9 Å². The van der Waals surface area contributed by atoms with Gasteiger partial charge in [-0.2, -0.15) is 0 Å². The third-order valence-electron chi connectivity index (χ3n) is 4.10. The second-order valence-corrected chi connectivity index (χ2v) is 7.95. The topological polar surface area (TPSA) is 46.6 Å². The molecule has 0 spiro atoms. The second kappa shape index (κ2) is 5.95. The van der Waals surface area contributed by atoms with E-state index in [1.807, 2.05) is 6.92 Å². The lowest BCUT2D eigenvalue weighted by Crippen LogP contribution is -2.46. The summed E-state index contributed by atoms with van der Waals surface area (Å²) < 4.78 is 5.36. The number of ether oxygens (including phenoxy) is 1. The summed E-state index contributed by atoms with van der Waals surface area (Å²) >= 11 is 13.5. The van der Waals surface area contributed by atoms with Crippen molar-refractivity contribution in [3.05, 3.63) is 33.8 Å². The third kappa shape index (κ3) is 2.82. The number of fused-ring (bicyclic) bond motifs is 1. The van der Waals surface area contributed by atoms with Crippen LogP contribution in [0.25, 0.3) is 0 Å². The number of carbonyl (C=O) groups excluding carboxylic acids is 2. The highest BCUT2D eigenvalue weighted by atomic mass is 35.5. The number of amides is 1. The van der Waals surface area contributed by atoms with Gasteiger partial charge in [-0.1, -0.05) is 29.3 Å². The highest BCUT2D eigenvalue weighted by Gasteiger charge is 2.53. The lowest BCUT2D eigenvalue weighted by molar-refractivity contribution is -0.154. The van der Waals surface area contributed by atoms with Gasteiger partial charge >= 0.3 is 5.97 Å². The molecular formula is C15H15Cl2NO3S. The lowest BCUT2D eigenvalue weighted by Gasteiger charge is -2.29. The van der Waals surface area contributed by atoms with Crippen LogP contribution in [0.15, 0.2) is 18.2 Å². The van der Waals surface area contributed by atoms with Gasteiger partial charge in [0.25, 0.3) is 0 Å². The molecule has 1 aromatic carbocycles. The summed E-state index contributed by atoms with van der Waals surface area (Å²) in [5, 5.41) is 0.994. The SMILES string of the molecule is C[C@]12CCC(=O)N1[C@@H](C(=O)OCc1ccc(Cl)cc1Cl)CS2. The van der Waals surface area contributed by atoms with E-state index in [-0.39, 0.29) is 23.4 Å². The molecule has 22 heavy (non-hydrogen) atoms. The zero-order valence-corrected chi connectivity index (χ0v) is 14.3. The molecule has 0 bridgehead atoms. The summed E-state index contributed by atoms with van der Waals surface area (Å²) in [7, 11) is 0. The van der Waals surface area contributed by atoms with Gasteiger partial charge in [-0.25, -0.2) is 4.79 Å². The molecule has 4 nitrogen and oxygen atoms in total. The van der Waals surface area contributed by atoms with Gasteiger partial charge in [-0.05, 0) is 25.5 Å². The molecule has 0 N–H and O–H groups in total. The van der Waals surface area contributed by atoms with E-state index in [0.29, 0.717) is 27.8 Å². The Labute approximate surface area is 143 Å². The lowest BCUT2D eigenvalue weighted by atomic mass is 10.2. The van der Waals surface area contributed by atoms with Crippen molar-refractivity contribution in [2.45, 2.75) is 37.3 Å². The Bertz CT molecular complexity index is 639. The Morgan fingerprint density at radius 2 is 2.27 bits per heavy atom. The molecule has 0 aromatic heterocycles. The van der Waals surface area contributed by atoms with Crippen LogP contribution >= 0.6 is 35.0 Å². The van der Waals surface area contributed by atoms with Crippen molar-refractivity contribution in [2.24, 2.45) is 0 Å². The van der Waals surface area contributed by atoms with Crippen LogP contribution < -0.4 is 0 Å². The van der Waals surface area contributed by atoms with E-state index in [2.05, 4.69) is 0 Å². The number of rotatable bonds is 3. The average Bonchev–Trinajstić information content (AvgIpc) is 2.95. The van der Waals surface area contributed by atoms with Crippen LogP contribution in [0, 0.1) is 0 Å². The minimum Gasteiger partial charge on any atom is -0.459 e. The number of halogens is 2. The van der Waals surface area contributed by atoms with Gasteiger partial charge in [-0.15, -0.1) is 11.8 Å². The normalized spacial score (nSPS) is 27.1. The number of hydrogen-bond donors (Lipinski definition) is 0. The van der Waals surface area contributed by atoms with E-state index >= 15 is 0 Å². The maximum atomic E-state index is 12.3. The van der Waals surface area contributed by atoms with Gasteiger partial charge in [0, 0.05) is 27.8 Å². The zero-order chi connectivity index (χ0) is 15.9. The Hall–Kier alpha value is -0.910. The molecule has 2 fully saturated rings. The number of carbonyl (C=O) groups is 2. The van der Waals surface area contributed by atoms with Gasteiger partial charge in [0.2, 0.25) is 5.91 Å². The first kappa shape index (κ1) is 16.0. The standard InChI is InChI=1S/C15H15Cl2NO3S/c1-15-5-4-13(19)18(15)12(8-22-15)14(20)21-7-9-2-3-10(16)6-11(9)17/h2-3,6,12H,4-5,7-8H2,1H3/t12-,15+/m1/s1. The van der Waals surface area contributed by atoms with Gasteiger partial charge in [-0.3, -0.25) is 4.79 Å². The van der Waals surface area contributed by atoms with Crippen molar-refractivity contribution in [1.29, 1.82) is 0 Å². The molecule has 0 radical (unpaired) electrons. The first-order valence-electron chi connectivity index (χ1n) is 6.97. The first-order chi connectivity index (χ1) is 10.4. The number of nitrogens with zero attached hydrogens (tertiary/aromatic N) is 1. The zero-order valence-electron chi connectivity index (χ0n) is 12.0. The number of esters is 1. The number of thioether (sulfide) groups is 1. The summed E-state index contributed by atoms with van der Waals surface area (Å²) in [4.78, 5) is 25.8. The number of hydrogen-bond acceptors (Lipinski definition) is 4. The molecule has 2 saturated heterocycles. The van der Waals surface area contributed by atoms with Crippen molar-refractivity contribution in [3.63, 3.8) is 0 Å². The molecule has 2 atom stereocenters. The van der Waals surface area contributed by atoms with Crippen LogP contribution in [-0.4, -0.2) is 33.4 Å². The highest BCUT2D eigenvalue weighted by molar-refractivity contribution is 8.01. The summed E-state index contributed by atoms with van der Waals surface area (Å²) in [5.74, 6) is 0.228. The molecule has 2 aliphatic rings. The van der Waals surface area contributed by atoms with Crippen molar-refractivity contribution in [1.82, 2.24) is 4.90 Å². The van der Waals surface area contributed by atoms with E-state index in [9.17, 15) is 9.59 Å². The quantitative estimate of drug-likeness (QED) is 0.775. The predicted octanol–water partition coefficient (Wildman–Crippen LogP) is 3.49. The molecule has 0 unspecified atom stereocenters. The Morgan fingerprint density at radius 1 is 1.50 bits per heavy atom. The van der Waals surface area contributed by atoms with Crippen molar-refractivity contribution >= 4 is 46.8 Å². The van der Waals surface area contributed by atoms with Crippen LogP contribution in [0.2, 0.25) is 10.0 Å². The van der Waals surface area contributed by atoms with Crippen LogP contribution in [0.3, 0.4) is 0 Å². The van der Waals surface area contributed by atoms with E-state index < -0.39 is 6.04 Å². The summed E-state index contributed by atoms with van der Waals surface area (Å²) in [5.41, 5.74) is 0.695. The fourth-order valence-corrected chi connectivity index (χ4v) is 4.76. The Kier molecular flexibility index (Phi) is 4.32. The maximum absolute atomic E-state index is 12.3. The third-order valence-corrected chi connectivity index (χ3v) is 6.19. The van der Waals surface area contributed by atoms with Crippen molar-refractivity contribution < 1.29 is 14.3 Å². The first-order valence-corrected chi connectivity index (χ1v) is 8.71. The fourth-order valence-electron chi connectivity index (χ4n) is 2.88. The van der Waals surface area contributed by atoms with Crippen molar-refractivity contribution in [3.8, 4) is 0 Å². The number of benzene rings is 1. The van der Waals surface area contributed by atoms with Crippen LogP contribution in [0.4, 0.5) is 0 Å². The van der Waals surface area contributed by atoms with Crippen LogP contribution in [0.5, 0.6) is 0 Å². The minimum atomic E-state index is -0.504. The molecule has 0 aliphatic carbocycles. The van der Waals surface area contributed by atoms with Crippen LogP contribution in [0.1, 0.15) is 25.3 Å². The highest BCUT2D eigenvalue weighted by Crippen LogP contribution is 2.47. The molecule has 7 heteroatoms.